The first-order valence-electron chi connectivity index (χ1n) is 6.17. The Bertz CT molecular complexity index is 492. The SMILES string of the molecule is CCNC(c1cnn(CC)c1)c1sccc1OC. The van der Waals surface area contributed by atoms with Crippen molar-refractivity contribution < 1.29 is 4.74 Å². The molecule has 0 saturated heterocycles. The van der Waals surface area contributed by atoms with Gasteiger partial charge >= 0.3 is 0 Å². The highest BCUT2D eigenvalue weighted by atomic mass is 32.1. The van der Waals surface area contributed by atoms with Crippen molar-refractivity contribution in [3.8, 4) is 5.75 Å². The molecule has 0 saturated carbocycles. The number of hydrogen-bond acceptors (Lipinski definition) is 4. The predicted octanol–water partition coefficient (Wildman–Crippen LogP) is 2.67. The lowest BCUT2D eigenvalue weighted by molar-refractivity contribution is 0.408. The molecule has 5 heteroatoms. The molecular formula is C13H19N3OS. The maximum Gasteiger partial charge on any atom is 0.134 e. The molecule has 0 fully saturated rings. The summed E-state index contributed by atoms with van der Waals surface area (Å²) in [6, 6.07) is 2.17. The van der Waals surface area contributed by atoms with Crippen LogP contribution >= 0.6 is 11.3 Å². The number of rotatable bonds is 6. The number of ether oxygens (including phenoxy) is 1. The van der Waals surface area contributed by atoms with E-state index in [4.69, 9.17) is 4.74 Å². The molecule has 0 aromatic carbocycles. The van der Waals surface area contributed by atoms with E-state index < -0.39 is 0 Å². The lowest BCUT2D eigenvalue weighted by Gasteiger charge is -2.16. The molecule has 0 aliphatic heterocycles. The van der Waals surface area contributed by atoms with Gasteiger partial charge in [-0.1, -0.05) is 6.92 Å². The topological polar surface area (TPSA) is 39.1 Å². The van der Waals surface area contributed by atoms with Crippen LogP contribution in [0.25, 0.3) is 0 Å². The van der Waals surface area contributed by atoms with Gasteiger partial charge in [0.1, 0.15) is 5.75 Å². The Balaban J connectivity index is 2.33. The van der Waals surface area contributed by atoms with Gasteiger partial charge < -0.3 is 10.1 Å². The molecule has 2 aromatic heterocycles. The molecule has 0 amide bonds. The van der Waals surface area contributed by atoms with Gasteiger partial charge in [-0.05, 0) is 24.9 Å². The van der Waals surface area contributed by atoms with Gasteiger partial charge in [0.2, 0.25) is 0 Å². The average Bonchev–Trinajstić information content (AvgIpc) is 3.04. The first kappa shape index (κ1) is 13.1. The number of aryl methyl sites for hydroxylation is 1. The van der Waals surface area contributed by atoms with E-state index in [1.54, 1.807) is 18.4 Å². The largest absolute Gasteiger partial charge is 0.496 e. The molecule has 1 atom stereocenters. The van der Waals surface area contributed by atoms with Crippen LogP contribution in [0.15, 0.2) is 23.8 Å². The summed E-state index contributed by atoms with van der Waals surface area (Å²) in [4.78, 5) is 1.20. The molecule has 0 aliphatic carbocycles. The van der Waals surface area contributed by atoms with E-state index in [0.29, 0.717) is 0 Å². The molecule has 1 unspecified atom stereocenters. The molecule has 0 spiro atoms. The smallest absolute Gasteiger partial charge is 0.134 e. The Kier molecular flexibility index (Phi) is 4.38. The van der Waals surface area contributed by atoms with Crippen molar-refractivity contribution in [1.29, 1.82) is 0 Å². The zero-order chi connectivity index (χ0) is 13.0. The maximum absolute atomic E-state index is 5.41. The molecule has 0 bridgehead atoms. The number of thiophene rings is 1. The quantitative estimate of drug-likeness (QED) is 0.873. The van der Waals surface area contributed by atoms with E-state index in [0.717, 1.165) is 18.8 Å². The van der Waals surface area contributed by atoms with Gasteiger partial charge in [-0.25, -0.2) is 0 Å². The molecule has 18 heavy (non-hydrogen) atoms. The van der Waals surface area contributed by atoms with Gasteiger partial charge in [0, 0.05) is 18.3 Å². The third-order valence-corrected chi connectivity index (χ3v) is 3.82. The lowest BCUT2D eigenvalue weighted by atomic mass is 10.1. The van der Waals surface area contributed by atoms with Crippen LogP contribution in [0.2, 0.25) is 0 Å². The van der Waals surface area contributed by atoms with Crippen molar-refractivity contribution in [1.82, 2.24) is 15.1 Å². The van der Waals surface area contributed by atoms with E-state index in [1.807, 2.05) is 16.9 Å². The van der Waals surface area contributed by atoms with E-state index >= 15 is 0 Å². The van der Waals surface area contributed by atoms with Crippen LogP contribution in [0.3, 0.4) is 0 Å². The summed E-state index contributed by atoms with van der Waals surface area (Å²) in [5.74, 6) is 0.940. The first-order valence-corrected chi connectivity index (χ1v) is 7.05. The molecule has 2 aromatic rings. The minimum atomic E-state index is 0.158. The highest BCUT2D eigenvalue weighted by Gasteiger charge is 2.20. The maximum atomic E-state index is 5.41. The summed E-state index contributed by atoms with van der Waals surface area (Å²) in [5.41, 5.74) is 1.18. The molecule has 98 valence electrons. The first-order chi connectivity index (χ1) is 8.80. The summed E-state index contributed by atoms with van der Waals surface area (Å²) in [6.07, 6.45) is 4.02. The van der Waals surface area contributed by atoms with Crippen LogP contribution in [0, 0.1) is 0 Å². The summed E-state index contributed by atoms with van der Waals surface area (Å²) in [5, 5.41) is 9.89. The van der Waals surface area contributed by atoms with Gasteiger partial charge in [0.15, 0.2) is 0 Å². The van der Waals surface area contributed by atoms with Crippen molar-refractivity contribution in [2.24, 2.45) is 0 Å². The Morgan fingerprint density at radius 2 is 2.33 bits per heavy atom. The summed E-state index contributed by atoms with van der Waals surface area (Å²) in [7, 11) is 1.71. The Morgan fingerprint density at radius 1 is 1.50 bits per heavy atom. The van der Waals surface area contributed by atoms with Crippen LogP contribution in [-0.4, -0.2) is 23.4 Å². The van der Waals surface area contributed by atoms with Crippen molar-refractivity contribution in [3.63, 3.8) is 0 Å². The second kappa shape index (κ2) is 6.02. The molecular weight excluding hydrogens is 246 g/mol. The Morgan fingerprint density at radius 3 is 2.94 bits per heavy atom. The highest BCUT2D eigenvalue weighted by molar-refractivity contribution is 7.10. The lowest BCUT2D eigenvalue weighted by Crippen LogP contribution is -2.21. The normalized spacial score (nSPS) is 12.6. The van der Waals surface area contributed by atoms with Gasteiger partial charge in [-0.3, -0.25) is 4.68 Å². The minimum absolute atomic E-state index is 0.158. The van der Waals surface area contributed by atoms with Crippen molar-refractivity contribution in [2.75, 3.05) is 13.7 Å². The van der Waals surface area contributed by atoms with Gasteiger partial charge in [-0.2, -0.15) is 5.10 Å². The summed E-state index contributed by atoms with van der Waals surface area (Å²) < 4.78 is 7.35. The second-order valence-corrected chi connectivity index (χ2v) is 4.92. The zero-order valence-corrected chi connectivity index (χ0v) is 11.8. The average molecular weight is 265 g/mol. The second-order valence-electron chi connectivity index (χ2n) is 3.97. The monoisotopic (exact) mass is 265 g/mol. The fraction of sp³-hybridized carbons (Fsp3) is 0.462. The Labute approximate surface area is 112 Å². The minimum Gasteiger partial charge on any atom is -0.496 e. The fourth-order valence-corrected chi connectivity index (χ4v) is 2.92. The van der Waals surface area contributed by atoms with Crippen LogP contribution in [0.1, 0.15) is 30.3 Å². The van der Waals surface area contributed by atoms with Gasteiger partial charge in [-0.15, -0.1) is 11.3 Å². The van der Waals surface area contributed by atoms with Crippen molar-refractivity contribution in [2.45, 2.75) is 26.4 Å². The molecule has 4 nitrogen and oxygen atoms in total. The fourth-order valence-electron chi connectivity index (χ4n) is 1.96. The highest BCUT2D eigenvalue weighted by Crippen LogP contribution is 2.34. The molecule has 0 radical (unpaired) electrons. The molecule has 1 N–H and O–H groups in total. The van der Waals surface area contributed by atoms with Crippen LogP contribution in [0.4, 0.5) is 0 Å². The number of nitrogens with one attached hydrogen (secondary N) is 1. The van der Waals surface area contributed by atoms with E-state index in [9.17, 15) is 0 Å². The van der Waals surface area contributed by atoms with Gasteiger partial charge in [0.25, 0.3) is 0 Å². The van der Waals surface area contributed by atoms with Crippen LogP contribution in [-0.2, 0) is 6.54 Å². The van der Waals surface area contributed by atoms with Crippen LogP contribution < -0.4 is 10.1 Å². The van der Waals surface area contributed by atoms with E-state index in [2.05, 4.69) is 35.8 Å². The molecule has 2 heterocycles. The summed E-state index contributed by atoms with van der Waals surface area (Å²) >= 11 is 1.71. The summed E-state index contributed by atoms with van der Waals surface area (Å²) in [6.45, 7) is 5.99. The van der Waals surface area contributed by atoms with E-state index in [1.165, 1.54) is 10.4 Å². The van der Waals surface area contributed by atoms with Gasteiger partial charge in [0.05, 0.1) is 24.2 Å². The zero-order valence-electron chi connectivity index (χ0n) is 11.0. The number of aromatic nitrogens is 2. The number of nitrogens with zero attached hydrogens (tertiary/aromatic N) is 2. The third kappa shape index (κ3) is 2.57. The number of hydrogen-bond donors (Lipinski definition) is 1. The van der Waals surface area contributed by atoms with E-state index in [-0.39, 0.29) is 6.04 Å². The van der Waals surface area contributed by atoms with Crippen molar-refractivity contribution in [3.05, 3.63) is 34.3 Å². The van der Waals surface area contributed by atoms with Crippen molar-refractivity contribution >= 4 is 11.3 Å². The molecule has 2 rings (SSSR count). The number of methoxy groups -OCH3 is 1. The molecule has 0 aliphatic rings. The Hall–Kier alpha value is -1.33. The van der Waals surface area contributed by atoms with Crippen LogP contribution in [0.5, 0.6) is 5.75 Å². The predicted molar refractivity (Wildman–Crippen MR) is 74.3 cm³/mol. The third-order valence-electron chi connectivity index (χ3n) is 2.86. The standard InChI is InChI=1S/C13H19N3OS/c1-4-14-12(10-8-15-16(5-2)9-10)13-11(17-3)6-7-18-13/h6-9,12,14H,4-5H2,1-3H3.